The maximum absolute atomic E-state index is 10.8. The molecular formula is C17H24O. The van der Waals surface area contributed by atoms with Gasteiger partial charge >= 0.3 is 0 Å². The summed E-state index contributed by atoms with van der Waals surface area (Å²) in [4.78, 5) is 0. The van der Waals surface area contributed by atoms with E-state index in [-0.39, 0.29) is 0 Å². The maximum atomic E-state index is 10.8. The second-order valence-corrected chi connectivity index (χ2v) is 6.46. The summed E-state index contributed by atoms with van der Waals surface area (Å²) in [6.45, 7) is 2.29. The highest BCUT2D eigenvalue weighted by Crippen LogP contribution is 2.41. The van der Waals surface area contributed by atoms with Crippen LogP contribution in [0.5, 0.6) is 0 Å². The summed E-state index contributed by atoms with van der Waals surface area (Å²) in [6, 6.07) is 8.83. The van der Waals surface area contributed by atoms with Gasteiger partial charge in [0.25, 0.3) is 0 Å². The summed E-state index contributed by atoms with van der Waals surface area (Å²) >= 11 is 0. The molecule has 0 aliphatic heterocycles. The van der Waals surface area contributed by atoms with Gasteiger partial charge in [0.05, 0.1) is 5.60 Å². The van der Waals surface area contributed by atoms with Crippen molar-refractivity contribution in [2.45, 2.75) is 63.4 Å². The Morgan fingerprint density at radius 1 is 1.00 bits per heavy atom. The average Bonchev–Trinajstić information content (AvgIpc) is 2.32. The lowest BCUT2D eigenvalue weighted by molar-refractivity contribution is -0.0120. The molecule has 0 bridgehead atoms. The van der Waals surface area contributed by atoms with Crippen LogP contribution in [0.4, 0.5) is 0 Å². The predicted octanol–water partition coefficient (Wildman–Crippen LogP) is 4.35. The third kappa shape index (κ3) is 2.21. The van der Waals surface area contributed by atoms with Gasteiger partial charge < -0.3 is 5.11 Å². The monoisotopic (exact) mass is 244 g/mol. The molecule has 2 saturated carbocycles. The predicted molar refractivity (Wildman–Crippen MR) is 74.6 cm³/mol. The molecule has 0 unspecified atom stereocenters. The molecule has 1 aromatic rings. The van der Waals surface area contributed by atoms with Crippen LogP contribution < -0.4 is 0 Å². The first-order valence-electron chi connectivity index (χ1n) is 7.50. The Balaban J connectivity index is 1.75. The van der Waals surface area contributed by atoms with Crippen molar-refractivity contribution >= 4 is 0 Å². The minimum absolute atomic E-state index is 0.551. The molecule has 3 rings (SSSR count). The molecule has 0 saturated heterocycles. The van der Waals surface area contributed by atoms with Crippen molar-refractivity contribution in [1.29, 1.82) is 0 Å². The summed E-state index contributed by atoms with van der Waals surface area (Å²) in [5, 5.41) is 10.8. The van der Waals surface area contributed by atoms with Gasteiger partial charge in [0.15, 0.2) is 0 Å². The van der Waals surface area contributed by atoms with Crippen LogP contribution in [0.2, 0.25) is 0 Å². The SMILES string of the molecule is CC1CCC(O)(c2ccc(C3CCC3)cc2)CC1. The summed E-state index contributed by atoms with van der Waals surface area (Å²) in [5.41, 5.74) is 2.06. The lowest BCUT2D eigenvalue weighted by Crippen LogP contribution is -2.30. The molecule has 0 aromatic heterocycles. The number of benzene rings is 1. The fraction of sp³-hybridized carbons (Fsp3) is 0.647. The van der Waals surface area contributed by atoms with Gasteiger partial charge in [-0.1, -0.05) is 37.6 Å². The van der Waals surface area contributed by atoms with E-state index in [1.807, 2.05) is 0 Å². The van der Waals surface area contributed by atoms with Crippen LogP contribution in [0.3, 0.4) is 0 Å². The van der Waals surface area contributed by atoms with Crippen LogP contribution in [0.25, 0.3) is 0 Å². The van der Waals surface area contributed by atoms with Gasteiger partial charge in [0.1, 0.15) is 0 Å². The fourth-order valence-electron chi connectivity index (χ4n) is 3.34. The Labute approximate surface area is 110 Å². The molecular weight excluding hydrogens is 220 g/mol. The van der Waals surface area contributed by atoms with E-state index in [2.05, 4.69) is 31.2 Å². The van der Waals surface area contributed by atoms with Crippen LogP contribution in [-0.4, -0.2) is 5.11 Å². The van der Waals surface area contributed by atoms with Crippen LogP contribution in [-0.2, 0) is 5.60 Å². The zero-order valence-corrected chi connectivity index (χ0v) is 11.4. The van der Waals surface area contributed by atoms with E-state index < -0.39 is 5.60 Å². The van der Waals surface area contributed by atoms with Crippen molar-refractivity contribution in [2.24, 2.45) is 5.92 Å². The molecule has 0 amide bonds. The molecule has 1 heteroatoms. The summed E-state index contributed by atoms with van der Waals surface area (Å²) in [7, 11) is 0. The van der Waals surface area contributed by atoms with Gasteiger partial charge in [-0.3, -0.25) is 0 Å². The highest BCUT2D eigenvalue weighted by Gasteiger charge is 2.33. The van der Waals surface area contributed by atoms with E-state index in [1.54, 1.807) is 0 Å². The average molecular weight is 244 g/mol. The summed E-state index contributed by atoms with van der Waals surface area (Å²) < 4.78 is 0. The van der Waals surface area contributed by atoms with Gasteiger partial charge in [-0.25, -0.2) is 0 Å². The Bertz CT molecular complexity index is 394. The quantitative estimate of drug-likeness (QED) is 0.820. The van der Waals surface area contributed by atoms with Crippen molar-refractivity contribution < 1.29 is 5.11 Å². The minimum atomic E-state index is -0.551. The van der Waals surface area contributed by atoms with Gasteiger partial charge in [-0.15, -0.1) is 0 Å². The third-order valence-electron chi connectivity index (χ3n) is 5.13. The second-order valence-electron chi connectivity index (χ2n) is 6.46. The lowest BCUT2D eigenvalue weighted by Gasteiger charge is -2.35. The minimum Gasteiger partial charge on any atom is -0.385 e. The molecule has 18 heavy (non-hydrogen) atoms. The standard InChI is InChI=1S/C17H24O/c1-13-9-11-17(18,12-10-13)16-7-5-15(6-8-16)14-3-2-4-14/h5-8,13-14,18H,2-4,9-12H2,1H3. The van der Waals surface area contributed by atoms with Crippen molar-refractivity contribution in [3.05, 3.63) is 35.4 Å². The number of aliphatic hydroxyl groups is 1. The zero-order chi connectivity index (χ0) is 12.6. The van der Waals surface area contributed by atoms with E-state index in [0.29, 0.717) is 0 Å². The molecule has 1 N–H and O–H groups in total. The molecule has 1 nitrogen and oxygen atoms in total. The summed E-state index contributed by atoms with van der Waals surface area (Å²) in [6.07, 6.45) is 8.24. The van der Waals surface area contributed by atoms with E-state index >= 15 is 0 Å². The zero-order valence-electron chi connectivity index (χ0n) is 11.4. The van der Waals surface area contributed by atoms with Crippen LogP contribution in [0, 0.1) is 5.92 Å². The number of hydrogen-bond acceptors (Lipinski definition) is 1. The normalized spacial score (nSPS) is 33.1. The lowest BCUT2D eigenvalue weighted by atomic mass is 9.74. The van der Waals surface area contributed by atoms with Crippen molar-refractivity contribution in [3.63, 3.8) is 0 Å². The Morgan fingerprint density at radius 3 is 2.11 bits per heavy atom. The van der Waals surface area contributed by atoms with Gasteiger partial charge in [0.2, 0.25) is 0 Å². The van der Waals surface area contributed by atoms with Crippen molar-refractivity contribution in [3.8, 4) is 0 Å². The van der Waals surface area contributed by atoms with E-state index in [1.165, 1.54) is 24.8 Å². The molecule has 98 valence electrons. The Hall–Kier alpha value is -0.820. The molecule has 0 spiro atoms. The number of rotatable bonds is 2. The van der Waals surface area contributed by atoms with Crippen molar-refractivity contribution in [2.75, 3.05) is 0 Å². The topological polar surface area (TPSA) is 20.2 Å². The largest absolute Gasteiger partial charge is 0.385 e. The van der Waals surface area contributed by atoms with Crippen LogP contribution in [0.1, 0.15) is 68.9 Å². The first kappa shape index (κ1) is 12.2. The molecule has 1 aromatic carbocycles. The van der Waals surface area contributed by atoms with Crippen LogP contribution in [0.15, 0.2) is 24.3 Å². The first-order valence-corrected chi connectivity index (χ1v) is 7.50. The smallest absolute Gasteiger partial charge is 0.0896 e. The highest BCUT2D eigenvalue weighted by atomic mass is 16.3. The van der Waals surface area contributed by atoms with Gasteiger partial charge in [-0.2, -0.15) is 0 Å². The molecule has 2 fully saturated rings. The molecule has 2 aliphatic rings. The molecule has 0 heterocycles. The maximum Gasteiger partial charge on any atom is 0.0896 e. The van der Waals surface area contributed by atoms with E-state index in [4.69, 9.17) is 0 Å². The van der Waals surface area contributed by atoms with Crippen molar-refractivity contribution in [1.82, 2.24) is 0 Å². The highest BCUT2D eigenvalue weighted by molar-refractivity contribution is 5.30. The first-order chi connectivity index (χ1) is 8.67. The van der Waals surface area contributed by atoms with Crippen LogP contribution >= 0.6 is 0 Å². The molecule has 0 radical (unpaired) electrons. The van der Waals surface area contributed by atoms with E-state index in [9.17, 15) is 5.11 Å². The van der Waals surface area contributed by atoms with E-state index in [0.717, 1.165) is 43.1 Å². The third-order valence-corrected chi connectivity index (χ3v) is 5.13. The second kappa shape index (κ2) is 4.70. The Kier molecular flexibility index (Phi) is 3.19. The summed E-state index contributed by atoms with van der Waals surface area (Å²) in [5.74, 6) is 1.57. The molecule has 0 atom stereocenters. The van der Waals surface area contributed by atoms with Gasteiger partial charge in [0, 0.05) is 0 Å². The number of hydrogen-bond donors (Lipinski definition) is 1. The van der Waals surface area contributed by atoms with Gasteiger partial charge in [-0.05, 0) is 61.5 Å². The fourth-order valence-corrected chi connectivity index (χ4v) is 3.34. The Morgan fingerprint density at radius 2 is 1.61 bits per heavy atom. The molecule has 2 aliphatic carbocycles.